The predicted octanol–water partition coefficient (Wildman–Crippen LogP) is 1.55. The summed E-state index contributed by atoms with van der Waals surface area (Å²) >= 11 is 0. The van der Waals surface area contributed by atoms with Crippen molar-refractivity contribution in [1.29, 1.82) is 5.26 Å². The summed E-state index contributed by atoms with van der Waals surface area (Å²) in [4.78, 5) is 13.9. The van der Waals surface area contributed by atoms with Gasteiger partial charge in [0.1, 0.15) is 23.2 Å². The van der Waals surface area contributed by atoms with Gasteiger partial charge in [-0.3, -0.25) is 4.79 Å². The number of aromatic amines is 1. The number of methoxy groups -OCH3 is 1. The highest BCUT2D eigenvalue weighted by atomic mass is 19.1. The van der Waals surface area contributed by atoms with Crippen LogP contribution in [0.25, 0.3) is 10.9 Å². The Kier molecular flexibility index (Phi) is 2.33. The first-order valence-electron chi connectivity index (χ1n) is 4.46. The second-order valence-corrected chi connectivity index (χ2v) is 3.20. The van der Waals surface area contributed by atoms with E-state index in [4.69, 9.17) is 10.00 Å². The summed E-state index contributed by atoms with van der Waals surface area (Å²) in [6.45, 7) is 0. The molecule has 0 bridgehead atoms. The zero-order valence-corrected chi connectivity index (χ0v) is 8.37. The van der Waals surface area contributed by atoms with Gasteiger partial charge in [-0.2, -0.15) is 5.26 Å². The van der Waals surface area contributed by atoms with E-state index in [-0.39, 0.29) is 11.3 Å². The molecule has 0 aliphatic rings. The third-order valence-electron chi connectivity index (χ3n) is 2.22. The summed E-state index contributed by atoms with van der Waals surface area (Å²) in [5.74, 6) is -0.253. The predicted molar refractivity (Wildman–Crippen MR) is 55.8 cm³/mol. The molecule has 5 heteroatoms. The first kappa shape index (κ1) is 10.2. The number of nitriles is 1. The highest BCUT2D eigenvalue weighted by Crippen LogP contribution is 2.24. The van der Waals surface area contributed by atoms with Crippen molar-refractivity contribution in [3.8, 4) is 11.8 Å². The molecule has 80 valence electrons. The molecule has 1 N–H and O–H groups in total. The maximum Gasteiger partial charge on any atom is 0.266 e. The maximum atomic E-state index is 13.2. The average molecular weight is 218 g/mol. The first-order chi connectivity index (χ1) is 7.65. The molecule has 0 aliphatic carbocycles. The molecule has 2 aromatic rings. The zero-order chi connectivity index (χ0) is 11.7. The largest absolute Gasteiger partial charge is 0.494 e. The van der Waals surface area contributed by atoms with Crippen LogP contribution in [0.4, 0.5) is 4.39 Å². The molecule has 0 atom stereocenters. The van der Waals surface area contributed by atoms with Gasteiger partial charge in [-0.1, -0.05) is 0 Å². The fourth-order valence-electron chi connectivity index (χ4n) is 1.50. The topological polar surface area (TPSA) is 65.9 Å². The van der Waals surface area contributed by atoms with E-state index in [1.54, 1.807) is 6.07 Å². The summed E-state index contributed by atoms with van der Waals surface area (Å²) in [6.07, 6.45) is 0. The minimum Gasteiger partial charge on any atom is -0.494 e. The number of benzene rings is 1. The van der Waals surface area contributed by atoms with Crippen molar-refractivity contribution in [3.63, 3.8) is 0 Å². The number of ether oxygens (including phenoxy) is 1. The van der Waals surface area contributed by atoms with Crippen LogP contribution >= 0.6 is 0 Å². The van der Waals surface area contributed by atoms with Crippen LogP contribution in [0.2, 0.25) is 0 Å². The number of fused-ring (bicyclic) bond motifs is 1. The lowest BCUT2D eigenvalue weighted by Crippen LogP contribution is -2.10. The van der Waals surface area contributed by atoms with Crippen LogP contribution < -0.4 is 10.3 Å². The van der Waals surface area contributed by atoms with Crippen LogP contribution in [0.5, 0.6) is 5.75 Å². The van der Waals surface area contributed by atoms with Gasteiger partial charge in [0.25, 0.3) is 5.56 Å². The monoisotopic (exact) mass is 218 g/mol. The van der Waals surface area contributed by atoms with Gasteiger partial charge in [-0.05, 0) is 12.1 Å². The molecule has 0 saturated heterocycles. The smallest absolute Gasteiger partial charge is 0.266 e. The highest BCUT2D eigenvalue weighted by molar-refractivity contribution is 5.85. The molecule has 0 saturated carbocycles. The Morgan fingerprint density at radius 1 is 1.44 bits per heavy atom. The molecular formula is C11H7FN2O2. The number of H-pyrrole nitrogens is 1. The number of nitrogens with one attached hydrogen (secondary N) is 1. The molecule has 0 spiro atoms. The average Bonchev–Trinajstić information content (AvgIpc) is 2.28. The molecule has 0 aliphatic heterocycles. The lowest BCUT2D eigenvalue weighted by Gasteiger charge is -2.05. The number of hydrogen-bond donors (Lipinski definition) is 1. The lowest BCUT2D eigenvalue weighted by atomic mass is 10.1. The van der Waals surface area contributed by atoms with E-state index in [1.165, 1.54) is 25.3 Å². The lowest BCUT2D eigenvalue weighted by molar-refractivity contribution is 0.415. The van der Waals surface area contributed by atoms with Crippen molar-refractivity contribution >= 4 is 10.9 Å². The van der Waals surface area contributed by atoms with Crippen molar-refractivity contribution in [2.45, 2.75) is 0 Å². The van der Waals surface area contributed by atoms with E-state index < -0.39 is 11.4 Å². The summed E-state index contributed by atoms with van der Waals surface area (Å²) < 4.78 is 18.1. The van der Waals surface area contributed by atoms with Crippen LogP contribution in [0.15, 0.2) is 23.0 Å². The van der Waals surface area contributed by atoms with E-state index in [2.05, 4.69) is 4.98 Å². The van der Waals surface area contributed by atoms with Crippen molar-refractivity contribution < 1.29 is 9.13 Å². The molecular weight excluding hydrogens is 211 g/mol. The van der Waals surface area contributed by atoms with Gasteiger partial charge in [0.2, 0.25) is 0 Å². The van der Waals surface area contributed by atoms with Gasteiger partial charge in [0.15, 0.2) is 0 Å². The van der Waals surface area contributed by atoms with Crippen LogP contribution in [-0.4, -0.2) is 12.1 Å². The van der Waals surface area contributed by atoms with Gasteiger partial charge in [-0.15, -0.1) is 0 Å². The van der Waals surface area contributed by atoms with Gasteiger partial charge < -0.3 is 9.72 Å². The Balaban J connectivity index is 2.91. The first-order valence-corrected chi connectivity index (χ1v) is 4.46. The quantitative estimate of drug-likeness (QED) is 0.789. The molecule has 16 heavy (non-hydrogen) atoms. The van der Waals surface area contributed by atoms with E-state index in [9.17, 15) is 9.18 Å². The minimum absolute atomic E-state index is 0.0554. The summed E-state index contributed by atoms with van der Waals surface area (Å²) in [6, 6.07) is 5.47. The molecule has 0 radical (unpaired) electrons. The molecule has 4 nitrogen and oxygen atoms in total. The second-order valence-electron chi connectivity index (χ2n) is 3.20. The zero-order valence-electron chi connectivity index (χ0n) is 8.37. The highest BCUT2D eigenvalue weighted by Gasteiger charge is 2.08. The van der Waals surface area contributed by atoms with Crippen molar-refractivity contribution in [2.75, 3.05) is 7.11 Å². The molecule has 1 aromatic heterocycles. The van der Waals surface area contributed by atoms with E-state index in [0.29, 0.717) is 10.9 Å². The third-order valence-corrected chi connectivity index (χ3v) is 2.22. The molecule has 0 unspecified atom stereocenters. The fourth-order valence-corrected chi connectivity index (χ4v) is 1.50. The molecule has 1 heterocycles. The Labute approximate surface area is 89.9 Å². The Morgan fingerprint density at radius 2 is 2.19 bits per heavy atom. The minimum atomic E-state index is -0.514. The third kappa shape index (κ3) is 1.50. The van der Waals surface area contributed by atoms with Gasteiger partial charge in [0, 0.05) is 11.5 Å². The van der Waals surface area contributed by atoms with Gasteiger partial charge >= 0.3 is 0 Å². The maximum absolute atomic E-state index is 13.2. The molecule has 0 fully saturated rings. The number of halogens is 1. The van der Waals surface area contributed by atoms with Crippen LogP contribution in [0.1, 0.15) is 5.56 Å². The number of aromatic nitrogens is 1. The number of pyridine rings is 1. The van der Waals surface area contributed by atoms with E-state index in [0.717, 1.165) is 0 Å². The molecule has 0 amide bonds. The Morgan fingerprint density at radius 3 is 2.81 bits per heavy atom. The molecule has 2 rings (SSSR count). The Hall–Kier alpha value is -2.35. The van der Waals surface area contributed by atoms with Gasteiger partial charge in [-0.25, -0.2) is 4.39 Å². The van der Waals surface area contributed by atoms with Gasteiger partial charge in [0.05, 0.1) is 12.6 Å². The van der Waals surface area contributed by atoms with Crippen molar-refractivity contribution in [2.24, 2.45) is 0 Å². The van der Waals surface area contributed by atoms with Crippen LogP contribution in [0.3, 0.4) is 0 Å². The second kappa shape index (κ2) is 3.66. The summed E-state index contributed by atoms with van der Waals surface area (Å²) in [7, 11) is 1.38. The van der Waals surface area contributed by atoms with Crippen LogP contribution in [-0.2, 0) is 0 Å². The van der Waals surface area contributed by atoms with Crippen molar-refractivity contribution in [3.05, 3.63) is 39.9 Å². The standard InChI is InChI=1S/C11H7FN2O2/c1-16-9-4-8(12)3-6-2-7(5-13)11(15)14-10(6)9/h2-4H,1H3,(H,14,15). The summed E-state index contributed by atoms with van der Waals surface area (Å²) in [5, 5.41) is 9.10. The van der Waals surface area contributed by atoms with Crippen molar-refractivity contribution in [1.82, 2.24) is 4.98 Å². The fraction of sp³-hybridized carbons (Fsp3) is 0.0909. The normalized spacial score (nSPS) is 10.1. The summed E-state index contributed by atoms with van der Waals surface area (Å²) in [5.41, 5.74) is -0.187. The SMILES string of the molecule is COc1cc(F)cc2cc(C#N)c(=O)[nH]c12. The van der Waals surface area contributed by atoms with E-state index >= 15 is 0 Å². The Bertz CT molecular complexity index is 655. The van der Waals surface area contributed by atoms with E-state index in [1.807, 2.05) is 0 Å². The number of nitrogens with zero attached hydrogens (tertiary/aromatic N) is 1. The number of rotatable bonds is 1. The van der Waals surface area contributed by atoms with Crippen LogP contribution in [0, 0.1) is 17.1 Å². The molecule has 1 aromatic carbocycles. The number of hydrogen-bond acceptors (Lipinski definition) is 3.